The van der Waals surface area contributed by atoms with Crippen molar-refractivity contribution in [1.82, 2.24) is 4.98 Å². The van der Waals surface area contributed by atoms with Crippen LogP contribution in [-0.4, -0.2) is 36.3 Å². The lowest BCUT2D eigenvalue weighted by Crippen LogP contribution is -2.10. The predicted molar refractivity (Wildman–Crippen MR) is 221 cm³/mol. The van der Waals surface area contributed by atoms with Gasteiger partial charge in [0, 0.05) is 30.3 Å². The number of hydrogen-bond acceptors (Lipinski definition) is 14. The number of esters is 2. The van der Waals surface area contributed by atoms with Crippen molar-refractivity contribution in [2.45, 2.75) is 25.4 Å². The second-order valence-corrected chi connectivity index (χ2v) is 13.6. The Morgan fingerprint density at radius 2 is 1.24 bits per heavy atom. The van der Waals surface area contributed by atoms with E-state index in [4.69, 9.17) is 30.1 Å². The fourth-order valence-corrected chi connectivity index (χ4v) is 6.13. The molecule has 8 rings (SSSR count). The molecule has 0 aliphatic heterocycles. The van der Waals surface area contributed by atoms with Crippen molar-refractivity contribution in [3.8, 4) is 11.5 Å². The van der Waals surface area contributed by atoms with E-state index in [0.717, 1.165) is 5.56 Å². The van der Waals surface area contributed by atoms with E-state index in [0.29, 0.717) is 57.1 Å². The molecule has 0 fully saturated rings. The number of benzene rings is 5. The molecule has 5 aromatic carbocycles. The van der Waals surface area contributed by atoms with Crippen LogP contribution in [-0.2, 0) is 16.0 Å². The molecule has 5 N–H and O–H groups in total. The van der Waals surface area contributed by atoms with Crippen LogP contribution in [0.5, 0.6) is 11.5 Å². The molecule has 0 radical (unpaired) electrons. The Kier molecular flexibility index (Phi) is 11.9. The third kappa shape index (κ3) is 9.99. The van der Waals surface area contributed by atoms with E-state index >= 15 is 0 Å². The van der Waals surface area contributed by atoms with Gasteiger partial charge in [-0.3, -0.25) is 0 Å². The lowest BCUT2D eigenvalue weighted by Gasteiger charge is -2.09. The zero-order chi connectivity index (χ0) is 44.1. The number of rotatable bonds is 11. The van der Waals surface area contributed by atoms with Gasteiger partial charge in [-0.1, -0.05) is 18.2 Å². The summed E-state index contributed by atoms with van der Waals surface area (Å²) in [7, 11) is 0. The standard InChI is InChI=1S/C28H27F3N2O5.C16H5NO7/c29-28(30,31)15-1-16-36-23-11-6-21(7-12-23)27(35)38-24-9-2-19(3-10-24)4-13-26(34)37-17-14-20-5-8-22(32)18-25(20)33;18-13-5-1-9-11(3-7(5)15(20)23-13)22-12-4-8-6(2-10(12)17-9)14(19)24-16(8)21/h2-13,18H,1,14-17,32-33H2;1-4,17H/b13-4+;. The van der Waals surface area contributed by atoms with E-state index in [2.05, 4.69) is 13.8 Å². The van der Waals surface area contributed by atoms with Crippen molar-refractivity contribution < 1.29 is 50.2 Å². The Morgan fingerprint density at radius 3 is 1.81 bits per heavy atom. The van der Waals surface area contributed by atoms with Gasteiger partial charge < -0.3 is 43.9 Å². The molecule has 8 aromatic rings. The summed E-state index contributed by atoms with van der Waals surface area (Å²) in [5.41, 5.74) is 13.0. The molecule has 0 aliphatic rings. The van der Waals surface area contributed by atoms with Gasteiger partial charge in [0.25, 0.3) is 0 Å². The number of fused-ring (bicyclic) bond motifs is 4. The van der Waals surface area contributed by atoms with Crippen LogP contribution in [0.1, 0.15) is 34.3 Å². The highest BCUT2D eigenvalue weighted by atomic mass is 19.4. The summed E-state index contributed by atoms with van der Waals surface area (Å²) in [6, 6.07) is 23.2. The topological polar surface area (TPSA) is 237 Å². The van der Waals surface area contributed by atoms with Gasteiger partial charge in [-0.2, -0.15) is 13.2 Å². The van der Waals surface area contributed by atoms with Crippen molar-refractivity contribution in [3.63, 3.8) is 0 Å². The number of hydrogen-bond donors (Lipinski definition) is 3. The van der Waals surface area contributed by atoms with E-state index in [9.17, 15) is 41.9 Å². The molecule has 18 heteroatoms. The number of carbonyl (C=O) groups is 2. The number of H-pyrrole nitrogens is 1. The summed E-state index contributed by atoms with van der Waals surface area (Å²) in [5, 5.41) is 0.489. The minimum Gasteiger partial charge on any atom is -0.494 e. The molecule has 0 bridgehead atoms. The largest absolute Gasteiger partial charge is 0.494 e. The van der Waals surface area contributed by atoms with Crippen LogP contribution >= 0.6 is 0 Å². The first-order valence-corrected chi connectivity index (χ1v) is 18.5. The maximum absolute atomic E-state index is 12.4. The lowest BCUT2D eigenvalue weighted by molar-refractivity contribution is -0.138. The van der Waals surface area contributed by atoms with Gasteiger partial charge in [0.2, 0.25) is 0 Å². The number of furan rings is 2. The molecule has 62 heavy (non-hydrogen) atoms. The molecule has 0 atom stereocenters. The van der Waals surface area contributed by atoms with Crippen LogP contribution < -0.4 is 43.4 Å². The predicted octanol–water partition coefficient (Wildman–Crippen LogP) is 6.88. The van der Waals surface area contributed by atoms with Crippen molar-refractivity contribution in [2.24, 2.45) is 0 Å². The fourth-order valence-electron chi connectivity index (χ4n) is 6.13. The zero-order valence-electron chi connectivity index (χ0n) is 32.0. The highest BCUT2D eigenvalue weighted by Crippen LogP contribution is 2.26. The van der Waals surface area contributed by atoms with Gasteiger partial charge >= 0.3 is 40.6 Å². The number of anilines is 2. The minimum atomic E-state index is -4.22. The quantitative estimate of drug-likeness (QED) is 0.0301. The molecule has 3 heterocycles. The Hall–Kier alpha value is -8.15. The first-order chi connectivity index (χ1) is 29.6. The molecule has 0 aliphatic carbocycles. The van der Waals surface area contributed by atoms with Crippen molar-refractivity contribution in [1.29, 1.82) is 0 Å². The summed E-state index contributed by atoms with van der Waals surface area (Å²) in [6.45, 7) is 0.0813. The Morgan fingerprint density at radius 1 is 0.677 bits per heavy atom. The SMILES string of the molecule is Nc1ccc(CCOC(=O)/C=C/c2ccc(OC(=O)c3ccc(OCCCC(F)(F)F)cc3)cc2)c(N)c1.O=c1oc(=O)c2cc3oc4cc5c(=O)oc(=O)c5cc4[nH]c3cc12. The number of nitrogen functional groups attached to an aromatic ring is 2. The van der Waals surface area contributed by atoms with Crippen LogP contribution in [0.25, 0.3) is 49.8 Å². The molecule has 316 valence electrons. The van der Waals surface area contributed by atoms with E-state index in [1.165, 1.54) is 54.6 Å². The van der Waals surface area contributed by atoms with Gasteiger partial charge in [0.1, 0.15) is 11.5 Å². The van der Waals surface area contributed by atoms with Gasteiger partial charge in [0.15, 0.2) is 11.2 Å². The molecule has 0 saturated heterocycles. The smallest absolute Gasteiger partial charge is 0.389 e. The number of nitrogens with one attached hydrogen (secondary N) is 1. The van der Waals surface area contributed by atoms with Gasteiger partial charge in [-0.25, -0.2) is 28.8 Å². The fraction of sp³-hybridized carbons (Fsp3) is 0.136. The monoisotopic (exact) mass is 851 g/mol. The molecule has 15 nitrogen and oxygen atoms in total. The van der Waals surface area contributed by atoms with Gasteiger partial charge in [-0.15, -0.1) is 0 Å². The molecule has 3 aromatic heterocycles. The van der Waals surface area contributed by atoms with Crippen LogP contribution in [0.2, 0.25) is 0 Å². The Bertz CT molecular complexity index is 3000. The summed E-state index contributed by atoms with van der Waals surface area (Å²) in [5.74, 6) is -0.472. The number of carbonyl (C=O) groups excluding carboxylic acids is 2. The normalized spacial score (nSPS) is 11.6. The second kappa shape index (κ2) is 17.6. The maximum atomic E-state index is 12.4. The van der Waals surface area contributed by atoms with Crippen LogP contribution in [0.15, 0.2) is 130 Å². The third-order valence-electron chi connectivity index (χ3n) is 9.23. The molecular formula is C44H32F3N3O12. The summed E-state index contributed by atoms with van der Waals surface area (Å²) in [4.78, 5) is 73.8. The number of aromatic amines is 1. The summed E-state index contributed by atoms with van der Waals surface area (Å²) < 4.78 is 67.1. The Balaban J connectivity index is 0.000000204. The number of halogens is 3. The third-order valence-corrected chi connectivity index (χ3v) is 9.23. The van der Waals surface area contributed by atoms with E-state index in [1.54, 1.807) is 48.5 Å². The highest BCUT2D eigenvalue weighted by Gasteiger charge is 2.26. The van der Waals surface area contributed by atoms with Crippen LogP contribution in [0, 0.1) is 0 Å². The average Bonchev–Trinajstić information content (AvgIpc) is 3.67. The first kappa shape index (κ1) is 42.0. The molecule has 0 amide bonds. The first-order valence-electron chi connectivity index (χ1n) is 18.5. The summed E-state index contributed by atoms with van der Waals surface area (Å²) >= 11 is 0. The minimum absolute atomic E-state index is 0.0828. The van der Waals surface area contributed by atoms with Crippen molar-refractivity contribution >= 4 is 73.1 Å². The van der Waals surface area contributed by atoms with E-state index < -0.39 is 47.0 Å². The number of nitrogens with two attached hydrogens (primary N) is 2. The number of aromatic nitrogens is 1. The lowest BCUT2D eigenvalue weighted by atomic mass is 10.1. The molecule has 0 unspecified atom stereocenters. The molecular weight excluding hydrogens is 819 g/mol. The number of alkyl halides is 3. The second-order valence-electron chi connectivity index (χ2n) is 13.6. The van der Waals surface area contributed by atoms with Crippen molar-refractivity contribution in [3.05, 3.63) is 155 Å². The van der Waals surface area contributed by atoms with E-state index in [-0.39, 0.29) is 46.7 Å². The molecule has 0 spiro atoms. The van der Waals surface area contributed by atoms with Gasteiger partial charge in [-0.05, 0) is 96.4 Å². The summed E-state index contributed by atoms with van der Waals surface area (Å²) in [6.07, 6.45) is -1.97. The van der Waals surface area contributed by atoms with Gasteiger partial charge in [0.05, 0.1) is 51.4 Å². The maximum Gasteiger partial charge on any atom is 0.389 e. The molecule has 0 saturated carbocycles. The average molecular weight is 852 g/mol. The highest BCUT2D eigenvalue weighted by molar-refractivity contribution is 5.99. The van der Waals surface area contributed by atoms with Crippen LogP contribution in [0.4, 0.5) is 24.5 Å². The Labute approximate surface area is 344 Å². The van der Waals surface area contributed by atoms with Crippen molar-refractivity contribution in [2.75, 3.05) is 24.7 Å². The van der Waals surface area contributed by atoms with E-state index in [1.807, 2.05) is 0 Å². The number of ether oxygens (including phenoxy) is 3. The van der Waals surface area contributed by atoms with Crippen LogP contribution in [0.3, 0.4) is 0 Å². The zero-order valence-corrected chi connectivity index (χ0v) is 32.0.